The van der Waals surface area contributed by atoms with Crippen LogP contribution in [-0.2, 0) is 32.9 Å². The van der Waals surface area contributed by atoms with Gasteiger partial charge in [-0.3, -0.25) is 4.79 Å². The number of nitrogen functional groups attached to an aromatic ring is 1. The number of rotatable bonds is 13. The fourth-order valence-electron chi connectivity index (χ4n) is 10.8. The third-order valence-corrected chi connectivity index (χ3v) is 21.9. The van der Waals surface area contributed by atoms with Gasteiger partial charge in [0.2, 0.25) is 0 Å². The molecule has 0 unspecified atom stereocenters. The Morgan fingerprint density at radius 2 is 0.854 bits per heavy atom. The zero-order valence-electron chi connectivity index (χ0n) is 57.1. The minimum Gasteiger partial charge on any atom is -0.495 e. The molecule has 11 aromatic carbocycles. The van der Waals surface area contributed by atoms with Crippen molar-refractivity contribution in [3.05, 3.63) is 327 Å². The average molecular weight is 1510 g/mol. The lowest BCUT2D eigenvalue weighted by Crippen LogP contribution is -2.32. The third kappa shape index (κ3) is 21.6. The molecule has 14 rings (SSSR count). The second-order valence-corrected chi connectivity index (χ2v) is 29.3. The molecule has 2 aromatic heterocycles. The van der Waals surface area contributed by atoms with Crippen molar-refractivity contribution < 1.29 is 38.4 Å². The van der Waals surface area contributed by atoms with Crippen LogP contribution in [-0.4, -0.2) is 48.5 Å². The van der Waals surface area contributed by atoms with Crippen LogP contribution in [0.15, 0.2) is 279 Å². The first-order chi connectivity index (χ1) is 49.8. The maximum atomic E-state index is 9.00. The van der Waals surface area contributed by atoms with Gasteiger partial charge in [-0.05, 0) is 109 Å². The van der Waals surface area contributed by atoms with Gasteiger partial charge in [0.15, 0.2) is 0 Å². The van der Waals surface area contributed by atoms with Crippen LogP contribution >= 0.6 is 73.8 Å². The van der Waals surface area contributed by atoms with Crippen molar-refractivity contribution in [2.75, 3.05) is 32.4 Å². The summed E-state index contributed by atoms with van der Waals surface area (Å²) in [5.74, 6) is 4.01. The predicted molar refractivity (Wildman–Crippen MR) is 428 cm³/mol. The van der Waals surface area contributed by atoms with E-state index in [1.807, 2.05) is 109 Å². The van der Waals surface area contributed by atoms with E-state index >= 15 is 0 Å². The number of nitrogens with one attached hydrogen (secondary N) is 1. The summed E-state index contributed by atoms with van der Waals surface area (Å²) in [5, 5.41) is 23.3. The molecule has 0 radical (unpaired) electrons. The van der Waals surface area contributed by atoms with Crippen molar-refractivity contribution >= 4 is 151 Å². The Balaban J connectivity index is 0.000000183. The van der Waals surface area contributed by atoms with Crippen molar-refractivity contribution in [3.63, 3.8) is 0 Å². The van der Waals surface area contributed by atoms with E-state index in [0.717, 1.165) is 61.6 Å². The first-order valence-electron chi connectivity index (χ1n) is 32.0. The highest BCUT2D eigenvalue weighted by molar-refractivity contribution is 7.80. The quantitative estimate of drug-likeness (QED) is 0.0484. The number of para-hydroxylation sites is 6. The summed E-state index contributed by atoms with van der Waals surface area (Å²) < 4.78 is 22.7. The molecular weight excluding hydrogens is 1430 g/mol. The minimum absolute atomic E-state index is 0.225. The molecule has 0 aliphatic carbocycles. The number of hydrogen-bond donors (Lipinski definition) is 4. The number of nitrogens with two attached hydrogens (primary N) is 2. The Labute approximate surface area is 627 Å². The number of benzene rings is 11. The van der Waals surface area contributed by atoms with Crippen molar-refractivity contribution in [1.29, 1.82) is 0 Å². The van der Waals surface area contributed by atoms with Crippen molar-refractivity contribution in [1.82, 2.24) is 9.97 Å². The van der Waals surface area contributed by atoms with Gasteiger partial charge in [0, 0.05) is 68.0 Å². The van der Waals surface area contributed by atoms with E-state index in [1.165, 1.54) is 43.0 Å². The number of carboxylic acids is 1. The number of hydrogen-bond acceptors (Lipinski definition) is 12. The number of nitrogens with zero attached hydrogens (tertiary/aromatic N) is 2. The van der Waals surface area contributed by atoms with E-state index in [9.17, 15) is 0 Å². The number of ether oxygens (including phenoxy) is 4. The summed E-state index contributed by atoms with van der Waals surface area (Å²) in [6.45, 7) is 7.00. The lowest BCUT2D eigenvalue weighted by molar-refractivity contribution is -0.191. The lowest BCUT2D eigenvalue weighted by atomic mass is 9.76. The highest BCUT2D eigenvalue weighted by Gasteiger charge is 2.39. The molecule has 3 heterocycles. The Bertz CT molecular complexity index is 4700. The number of fused-ring (bicyclic) bond motifs is 4. The molecule has 6 N–H and O–H groups in total. The first kappa shape index (κ1) is 78.9. The van der Waals surface area contributed by atoms with E-state index < -0.39 is 21.8 Å². The number of carbonyl (C=O) groups excluding carboxylic acids is 2. The molecule has 0 bridgehead atoms. The van der Waals surface area contributed by atoms with Gasteiger partial charge in [-0.25, -0.2) is 9.97 Å². The lowest BCUT2D eigenvalue weighted by Gasteiger charge is -2.38. The van der Waals surface area contributed by atoms with Crippen LogP contribution in [0.25, 0.3) is 21.8 Å². The Morgan fingerprint density at radius 1 is 0.495 bits per heavy atom. The van der Waals surface area contributed by atoms with E-state index in [2.05, 4.69) is 187 Å². The molecule has 0 saturated heterocycles. The summed E-state index contributed by atoms with van der Waals surface area (Å²) in [7, 11) is 3.17. The molecular formula is C83H74Cl5N5O8P2. The summed E-state index contributed by atoms with van der Waals surface area (Å²) >= 11 is 29.7. The van der Waals surface area contributed by atoms with Crippen LogP contribution in [0.5, 0.6) is 28.7 Å². The second kappa shape index (κ2) is 39.5. The maximum Gasteiger partial charge on any atom is 0.373 e. The van der Waals surface area contributed by atoms with Gasteiger partial charge in [-0.1, -0.05) is 290 Å². The molecule has 13 aromatic rings. The zero-order valence-corrected chi connectivity index (χ0v) is 62.7. The van der Waals surface area contributed by atoms with Gasteiger partial charge in [-0.2, -0.15) is 9.59 Å². The Morgan fingerprint density at radius 3 is 1.24 bits per heavy atom. The van der Waals surface area contributed by atoms with Crippen molar-refractivity contribution in [2.45, 2.75) is 39.3 Å². The van der Waals surface area contributed by atoms with Gasteiger partial charge >= 0.3 is 6.15 Å². The number of aromatic nitrogens is 2. The number of carboxylic acid groups (broad SMARTS) is 1. The fourth-order valence-corrected chi connectivity index (χ4v) is 16.7. The van der Waals surface area contributed by atoms with Gasteiger partial charge < -0.3 is 40.8 Å². The molecule has 103 heavy (non-hydrogen) atoms. The molecule has 524 valence electrons. The molecule has 13 nitrogen and oxygen atoms in total. The molecule has 1 aliphatic rings. The largest absolute Gasteiger partial charge is 0.495 e. The zero-order chi connectivity index (χ0) is 73.8. The maximum absolute atomic E-state index is 9.00. The minimum atomic E-state index is -0.833. The Hall–Kier alpha value is -9.84. The molecule has 0 fully saturated rings. The Kier molecular flexibility index (Phi) is 30.3. The van der Waals surface area contributed by atoms with Gasteiger partial charge in [0.25, 0.3) is 5.97 Å². The number of pyridine rings is 2. The topological polar surface area (TPSA) is 198 Å². The molecule has 20 heteroatoms. The molecule has 0 spiro atoms. The van der Waals surface area contributed by atoms with Crippen molar-refractivity contribution in [3.8, 4) is 28.7 Å². The molecule has 1 aliphatic heterocycles. The number of anilines is 2. The van der Waals surface area contributed by atoms with E-state index in [0.29, 0.717) is 56.8 Å². The van der Waals surface area contributed by atoms with Gasteiger partial charge in [0.1, 0.15) is 50.8 Å². The SMILES string of the molecule is CC(=O)O.CC1(C)c2cccc(P(c3ccccc3)c3ccccc3)c2Oc2c(P(c3ccccc3)c3ccccc3)cccc21.COc1cccc2c(Cl)cc(Cl)nc12.COc1cccc2c(Cl)cc(NCc3ccc(Cl)cc3)nc12.COc1ccccc1N.NCc1ccc(Cl)cc1.O=C=O. The fraction of sp³-hybridized carbons (Fsp3) is 0.108. The van der Waals surface area contributed by atoms with E-state index in [4.69, 9.17) is 108 Å². The van der Waals surface area contributed by atoms with Crippen LogP contribution in [0.1, 0.15) is 43.0 Å². The normalized spacial score (nSPS) is 11.1. The van der Waals surface area contributed by atoms with Crippen LogP contribution in [0.4, 0.5) is 11.5 Å². The predicted octanol–water partition coefficient (Wildman–Crippen LogP) is 18.9. The van der Waals surface area contributed by atoms with Crippen LogP contribution < -0.4 is 67.6 Å². The smallest absolute Gasteiger partial charge is 0.373 e. The summed E-state index contributed by atoms with van der Waals surface area (Å²) in [5.41, 5.74) is 17.5. The highest BCUT2D eigenvalue weighted by atomic mass is 35.5. The summed E-state index contributed by atoms with van der Waals surface area (Å²) in [6, 6.07) is 94.4. The standard InChI is InChI=1S/C39H32OP2.C17H14Cl2N2O.C10H7Cl2NO.C7H8ClN.C7H9NO.C2H4O2.CO2/c1-39(2)33-25-15-27-35(41(29-17-7-3-8-18-29)30-19-9-4-10-20-30)37(33)40-38-34(39)26-16-28-36(38)42(31-21-11-5-12-22-31)32-23-13-6-14-24-32;1-22-15-4-2-3-13-14(19)9-16(21-17(13)15)20-10-11-5-7-12(18)8-6-11;1-14-8-4-2-3-6-7(11)5-9(12)13-10(6)8;8-7-3-1-6(5-9)2-4-7;1-9-7-5-3-2-4-6(7)8;1-2(3)4;2-1-3/h3-28H,1-2H3;2-9H,10H2,1H3,(H,20,21);2-5H,1H3;1-4H,5,9H2;2-5H,8H2,1H3;1H3,(H,3,4);. The van der Waals surface area contributed by atoms with Crippen LogP contribution in [0.2, 0.25) is 25.2 Å². The second-order valence-electron chi connectivity index (χ2n) is 22.8. The molecule has 0 saturated carbocycles. The molecule has 0 atom stereocenters. The van der Waals surface area contributed by atoms with Crippen LogP contribution in [0, 0.1) is 0 Å². The van der Waals surface area contributed by atoms with Crippen LogP contribution in [0.3, 0.4) is 0 Å². The van der Waals surface area contributed by atoms with E-state index in [1.54, 1.807) is 33.5 Å². The summed E-state index contributed by atoms with van der Waals surface area (Å²) in [6.07, 6.45) is 0.250. The number of methoxy groups -OCH3 is 3. The van der Waals surface area contributed by atoms with E-state index in [-0.39, 0.29) is 11.6 Å². The van der Waals surface area contributed by atoms with Gasteiger partial charge in [0.05, 0.1) is 37.1 Å². The summed E-state index contributed by atoms with van der Waals surface area (Å²) in [4.78, 5) is 34.0. The first-order valence-corrected chi connectivity index (χ1v) is 36.6. The number of aliphatic carboxylic acids is 1. The molecule has 0 amide bonds. The number of halogens is 5. The third-order valence-electron chi connectivity index (χ3n) is 15.7. The highest BCUT2D eigenvalue weighted by Crippen LogP contribution is 2.52. The number of carbonyl (C=O) groups is 1. The monoisotopic (exact) mass is 1510 g/mol. The van der Waals surface area contributed by atoms with Gasteiger partial charge in [-0.15, -0.1) is 0 Å². The van der Waals surface area contributed by atoms with Crippen molar-refractivity contribution in [2.24, 2.45) is 5.73 Å². The average Bonchev–Trinajstić information content (AvgIpc) is 0.725.